The number of likely N-dealkylation sites (N-methyl/N-ethyl adjacent to an activating group) is 1. The fraction of sp³-hybridized carbons (Fsp3) is 0.592. The molecule has 6 aliphatic rings. The maximum Gasteiger partial charge on any atom is 0.251 e. The first-order valence-electron chi connectivity index (χ1n) is 24.1. The maximum absolute atomic E-state index is 15.3. The lowest BCUT2D eigenvalue weighted by atomic mass is 9.52. The third-order valence-electron chi connectivity index (χ3n) is 15.4. The van der Waals surface area contributed by atoms with Gasteiger partial charge in [0.1, 0.15) is 29.3 Å². The molecule has 9 rings (SSSR count). The average molecular weight is 909 g/mol. The van der Waals surface area contributed by atoms with E-state index in [-0.39, 0.29) is 60.0 Å². The molecule has 1 aromatic heterocycles. The highest BCUT2D eigenvalue weighted by atomic mass is 19.1. The Morgan fingerprint density at radius 2 is 1.74 bits per heavy atom. The molecule has 1 unspecified atom stereocenters. The van der Waals surface area contributed by atoms with Gasteiger partial charge in [-0.05, 0) is 131 Å². The SMILES string of the molecule is CC[C@@H]1C(=O)N(C)c2cnc(Nc3ccc(C(=O)NC4(CCO)CC5(CCN(CC6CCN(c7ccc(NC8CCC(=O)NC8=O)cc7F)CC6)CC5)C4)cc3OC)nc2N1C1CCCC1. The molecule has 5 fully saturated rings. The number of hydrogen-bond acceptors (Lipinski definition) is 13. The van der Waals surface area contributed by atoms with Gasteiger partial charge in [0.05, 0.1) is 24.7 Å². The summed E-state index contributed by atoms with van der Waals surface area (Å²) in [6.07, 6.45) is 13.5. The average Bonchev–Trinajstić information content (AvgIpc) is 3.84. The van der Waals surface area contributed by atoms with Crippen LogP contribution in [0.15, 0.2) is 42.6 Å². The fourth-order valence-electron chi connectivity index (χ4n) is 11.9. The van der Waals surface area contributed by atoms with Crippen LogP contribution in [0.1, 0.15) is 107 Å². The smallest absolute Gasteiger partial charge is 0.251 e. The number of ether oxygens (including phenoxy) is 1. The predicted molar refractivity (Wildman–Crippen MR) is 251 cm³/mol. The molecule has 16 nitrogen and oxygen atoms in total. The molecule has 3 saturated heterocycles. The van der Waals surface area contributed by atoms with Gasteiger partial charge in [0, 0.05) is 62.5 Å². The predicted octanol–water partition coefficient (Wildman–Crippen LogP) is 5.73. The number of rotatable bonds is 14. The molecule has 0 bridgehead atoms. The number of halogens is 1. The minimum absolute atomic E-state index is 0.0113. The van der Waals surface area contributed by atoms with Crippen LogP contribution in [0.4, 0.5) is 38.9 Å². The second kappa shape index (κ2) is 19.0. The molecule has 5 heterocycles. The third kappa shape index (κ3) is 9.25. The molecule has 2 aromatic carbocycles. The van der Waals surface area contributed by atoms with Crippen molar-refractivity contribution in [1.29, 1.82) is 0 Å². The Hall–Kier alpha value is -5.55. The van der Waals surface area contributed by atoms with Crippen LogP contribution in [0.2, 0.25) is 0 Å². The Labute approximate surface area is 386 Å². The fourth-order valence-corrected chi connectivity index (χ4v) is 11.9. The van der Waals surface area contributed by atoms with Gasteiger partial charge in [-0.3, -0.25) is 24.5 Å². The molecule has 2 saturated carbocycles. The van der Waals surface area contributed by atoms with Gasteiger partial charge in [0.25, 0.3) is 5.91 Å². The monoisotopic (exact) mass is 909 g/mol. The quantitative estimate of drug-likeness (QED) is 0.124. The van der Waals surface area contributed by atoms with Crippen LogP contribution in [-0.4, -0.2) is 121 Å². The zero-order valence-corrected chi connectivity index (χ0v) is 38.5. The normalized spacial score (nSPS) is 23.3. The maximum atomic E-state index is 15.3. The number of likely N-dealkylation sites (tertiary alicyclic amines) is 1. The number of aromatic nitrogens is 2. The lowest BCUT2D eigenvalue weighted by Crippen LogP contribution is -2.64. The zero-order chi connectivity index (χ0) is 46.2. The molecule has 4 aliphatic heterocycles. The second-order valence-electron chi connectivity index (χ2n) is 19.7. The summed E-state index contributed by atoms with van der Waals surface area (Å²) in [6.45, 7) is 6.58. The Balaban J connectivity index is 0.763. The van der Waals surface area contributed by atoms with Gasteiger partial charge >= 0.3 is 0 Å². The van der Waals surface area contributed by atoms with Crippen molar-refractivity contribution in [3.63, 3.8) is 0 Å². The van der Waals surface area contributed by atoms with E-state index < -0.39 is 11.6 Å². The number of hydrogen-bond donors (Lipinski definition) is 5. The first kappa shape index (κ1) is 45.6. The number of aliphatic hydroxyl groups excluding tert-OH is 1. The van der Waals surface area contributed by atoms with Gasteiger partial charge in [-0.25, -0.2) is 9.37 Å². The van der Waals surface area contributed by atoms with Crippen LogP contribution in [0.3, 0.4) is 0 Å². The topological polar surface area (TPSA) is 185 Å². The van der Waals surface area contributed by atoms with Crippen molar-refractivity contribution in [3.05, 3.63) is 54.0 Å². The minimum Gasteiger partial charge on any atom is -0.495 e. The van der Waals surface area contributed by atoms with E-state index in [0.29, 0.717) is 65.2 Å². The standard InChI is InChI=1S/C49H65FN10O6/c1-4-38-46(65)57(2)40-27-51-47(55-43(40)60(38)34-7-5-6-8-34)53-36-11-9-32(25-41(36)66-3)44(63)56-49(19-24-61)29-48(30-49)17-22-58(23-18-48)28-31-15-20-59(21-16-31)39-13-10-33(26-35(39)50)52-37-12-14-42(62)54-45(37)64/h9-11,13,25-27,31,34,37-38,52,61H,4-8,12,14-24,28-30H2,1-3H3,(H,56,63)(H,51,53,55)(H,54,62,64)/t37?,38-/m1/s1. The summed E-state index contributed by atoms with van der Waals surface area (Å²) in [7, 11) is 3.35. The number of nitrogens with zero attached hydrogens (tertiary/aromatic N) is 6. The van der Waals surface area contributed by atoms with Crippen LogP contribution < -0.4 is 40.7 Å². The molecule has 2 atom stereocenters. The largest absolute Gasteiger partial charge is 0.495 e. The molecule has 3 aromatic rings. The summed E-state index contributed by atoms with van der Waals surface area (Å²) in [5.41, 5.74) is 2.51. The lowest BCUT2D eigenvalue weighted by molar-refractivity contribution is -0.133. The first-order valence-corrected chi connectivity index (χ1v) is 24.1. The van der Waals surface area contributed by atoms with Gasteiger partial charge in [0.15, 0.2) is 5.82 Å². The molecule has 17 heteroatoms. The van der Waals surface area contributed by atoms with Crippen molar-refractivity contribution in [2.24, 2.45) is 11.3 Å². The molecular formula is C49H65FN10O6. The molecule has 0 radical (unpaired) electrons. The summed E-state index contributed by atoms with van der Waals surface area (Å²) in [5, 5.41) is 22.2. The lowest BCUT2D eigenvalue weighted by Gasteiger charge is -2.59. The van der Waals surface area contributed by atoms with Crippen LogP contribution >= 0.6 is 0 Å². The molecule has 66 heavy (non-hydrogen) atoms. The van der Waals surface area contributed by atoms with Crippen LogP contribution in [0.25, 0.3) is 0 Å². The first-order chi connectivity index (χ1) is 31.9. The summed E-state index contributed by atoms with van der Waals surface area (Å²) in [5.74, 6) is 0.991. The number of aliphatic hydroxyl groups is 1. The van der Waals surface area contributed by atoms with Gasteiger partial charge in [-0.1, -0.05) is 19.8 Å². The highest BCUT2D eigenvalue weighted by Crippen LogP contribution is 2.56. The van der Waals surface area contributed by atoms with E-state index in [9.17, 15) is 24.3 Å². The number of benzene rings is 2. The highest BCUT2D eigenvalue weighted by Gasteiger charge is 2.55. The van der Waals surface area contributed by atoms with E-state index >= 15 is 4.39 Å². The number of piperidine rings is 3. The second-order valence-corrected chi connectivity index (χ2v) is 19.7. The summed E-state index contributed by atoms with van der Waals surface area (Å²) in [4.78, 5) is 69.0. The van der Waals surface area contributed by atoms with Crippen LogP contribution in [0, 0.1) is 17.2 Å². The number of nitrogens with one attached hydrogen (secondary N) is 4. The molecule has 5 N–H and O–H groups in total. The Kier molecular flexibility index (Phi) is 13.1. The number of fused-ring (bicyclic) bond motifs is 1. The zero-order valence-electron chi connectivity index (χ0n) is 38.5. The van der Waals surface area contributed by atoms with Crippen molar-refractivity contribution in [1.82, 2.24) is 25.5 Å². The van der Waals surface area contributed by atoms with Gasteiger partial charge in [-0.2, -0.15) is 4.98 Å². The van der Waals surface area contributed by atoms with E-state index in [1.165, 1.54) is 6.07 Å². The van der Waals surface area contributed by atoms with Gasteiger partial charge in [0.2, 0.25) is 23.7 Å². The number of anilines is 6. The van der Waals surface area contributed by atoms with Gasteiger partial charge < -0.3 is 45.4 Å². The Morgan fingerprint density at radius 3 is 2.42 bits per heavy atom. The number of carbonyl (C=O) groups excluding carboxylic acids is 4. The summed E-state index contributed by atoms with van der Waals surface area (Å²) in [6, 6.07) is 9.72. The molecule has 4 amide bonds. The Morgan fingerprint density at radius 1 is 0.985 bits per heavy atom. The van der Waals surface area contributed by atoms with Crippen molar-refractivity contribution in [2.45, 2.75) is 120 Å². The molecular weight excluding hydrogens is 844 g/mol. The van der Waals surface area contributed by atoms with E-state index in [0.717, 1.165) is 103 Å². The third-order valence-corrected chi connectivity index (χ3v) is 15.4. The van der Waals surface area contributed by atoms with Crippen LogP contribution in [0.5, 0.6) is 5.75 Å². The molecule has 1 spiro atoms. The number of carbonyl (C=O) groups is 4. The van der Waals surface area contributed by atoms with Crippen molar-refractivity contribution < 1.29 is 33.4 Å². The Bertz CT molecular complexity index is 2300. The van der Waals surface area contributed by atoms with Gasteiger partial charge in [-0.15, -0.1) is 0 Å². The van der Waals surface area contributed by atoms with Crippen molar-refractivity contribution in [3.8, 4) is 5.75 Å². The van der Waals surface area contributed by atoms with Crippen molar-refractivity contribution in [2.75, 3.05) is 78.8 Å². The summed E-state index contributed by atoms with van der Waals surface area (Å²) >= 11 is 0. The van der Waals surface area contributed by atoms with E-state index in [1.54, 1.807) is 55.6 Å². The van der Waals surface area contributed by atoms with E-state index in [2.05, 4.69) is 41.0 Å². The highest BCUT2D eigenvalue weighted by molar-refractivity contribution is 6.04. The number of imide groups is 1. The van der Waals surface area contributed by atoms with Crippen molar-refractivity contribution >= 4 is 58.1 Å². The molecule has 2 aliphatic carbocycles. The summed E-state index contributed by atoms with van der Waals surface area (Å²) < 4.78 is 21.1. The number of methoxy groups -OCH3 is 1. The minimum atomic E-state index is -0.559. The van der Waals surface area contributed by atoms with Crippen LogP contribution in [-0.2, 0) is 14.4 Å². The number of amides is 4. The molecule has 354 valence electrons. The van der Waals surface area contributed by atoms with E-state index in [1.807, 2.05) is 6.92 Å². The van der Waals surface area contributed by atoms with E-state index in [4.69, 9.17) is 9.72 Å².